The summed E-state index contributed by atoms with van der Waals surface area (Å²) in [6.07, 6.45) is 10.7. The molecule has 6 heteroatoms. The zero-order valence-electron chi connectivity index (χ0n) is 28.0. The standard InChI is InChI=1S/C40H51ClN4O/c1-43(2)38(34-21-23-35(41)24-22-34)33-19-17-31(18-20-33)28-37(45-25-11-6-12-26-45)39-42-36(27-30-13-7-4-8-14-30)40(46-39)44(3)29-32-15-9-5-10-16-32/h4-5,7-10,13-16,21-24,31,33,37-38H,6,11-12,17-20,25-29H2,1-3H3. The smallest absolute Gasteiger partial charge is 0.220 e. The number of hydrogen-bond donors (Lipinski definition) is 0. The van der Waals surface area contributed by atoms with Crippen LogP contribution >= 0.6 is 11.6 Å². The van der Waals surface area contributed by atoms with Crippen LogP contribution in [0.2, 0.25) is 5.02 Å². The number of nitrogens with zero attached hydrogens (tertiary/aromatic N) is 4. The lowest BCUT2D eigenvalue weighted by Crippen LogP contribution is -2.36. The van der Waals surface area contributed by atoms with Crippen LogP contribution in [0.25, 0.3) is 0 Å². The first-order chi connectivity index (χ1) is 22.4. The van der Waals surface area contributed by atoms with Gasteiger partial charge in [-0.1, -0.05) is 104 Å². The first-order valence-corrected chi connectivity index (χ1v) is 17.8. The third-order valence-electron chi connectivity index (χ3n) is 10.3. The van der Waals surface area contributed by atoms with Crippen LogP contribution in [0, 0.1) is 11.8 Å². The minimum absolute atomic E-state index is 0.219. The molecule has 6 rings (SSSR count). The Hall–Kier alpha value is -3.12. The van der Waals surface area contributed by atoms with Gasteiger partial charge < -0.3 is 14.2 Å². The van der Waals surface area contributed by atoms with E-state index in [1.165, 1.54) is 61.6 Å². The quantitative estimate of drug-likeness (QED) is 0.154. The Bertz CT molecular complexity index is 1470. The molecule has 5 nitrogen and oxygen atoms in total. The Morgan fingerprint density at radius 2 is 1.43 bits per heavy atom. The van der Waals surface area contributed by atoms with Crippen LogP contribution in [-0.4, -0.2) is 49.0 Å². The number of benzene rings is 3. The zero-order valence-corrected chi connectivity index (χ0v) is 28.7. The molecule has 2 heterocycles. The number of likely N-dealkylation sites (tertiary alicyclic amines) is 1. The highest BCUT2D eigenvalue weighted by atomic mass is 35.5. The molecule has 2 atom stereocenters. The summed E-state index contributed by atoms with van der Waals surface area (Å²) < 4.78 is 6.89. The van der Waals surface area contributed by atoms with E-state index in [9.17, 15) is 0 Å². The second-order valence-corrected chi connectivity index (χ2v) is 14.3. The maximum atomic E-state index is 6.89. The lowest BCUT2D eigenvalue weighted by molar-refractivity contribution is 0.0944. The molecule has 1 aromatic heterocycles. The van der Waals surface area contributed by atoms with Gasteiger partial charge in [-0.3, -0.25) is 4.90 Å². The number of aromatic nitrogens is 1. The third kappa shape index (κ3) is 8.23. The van der Waals surface area contributed by atoms with Crippen LogP contribution in [0.1, 0.15) is 91.7 Å². The van der Waals surface area contributed by atoms with E-state index in [1.54, 1.807) is 0 Å². The van der Waals surface area contributed by atoms with Gasteiger partial charge in [-0.15, -0.1) is 0 Å². The summed E-state index contributed by atoms with van der Waals surface area (Å²) in [5.41, 5.74) is 4.96. The predicted molar refractivity (Wildman–Crippen MR) is 190 cm³/mol. The molecule has 244 valence electrons. The molecule has 0 amide bonds. The van der Waals surface area contributed by atoms with Crippen molar-refractivity contribution >= 4 is 17.5 Å². The van der Waals surface area contributed by atoms with Crippen molar-refractivity contribution in [2.75, 3.05) is 39.1 Å². The summed E-state index contributed by atoms with van der Waals surface area (Å²) in [4.78, 5) is 12.7. The van der Waals surface area contributed by atoms with E-state index in [-0.39, 0.29) is 6.04 Å². The Morgan fingerprint density at radius 3 is 2.07 bits per heavy atom. The molecule has 3 aromatic carbocycles. The number of anilines is 1. The van der Waals surface area contributed by atoms with Crippen molar-refractivity contribution < 1.29 is 4.42 Å². The van der Waals surface area contributed by atoms with E-state index in [1.807, 2.05) is 12.1 Å². The van der Waals surface area contributed by atoms with Crippen molar-refractivity contribution in [3.8, 4) is 0 Å². The van der Waals surface area contributed by atoms with Gasteiger partial charge in [0.1, 0.15) is 5.69 Å². The van der Waals surface area contributed by atoms with Gasteiger partial charge in [0.25, 0.3) is 0 Å². The summed E-state index contributed by atoms with van der Waals surface area (Å²) in [6, 6.07) is 30.5. The largest absolute Gasteiger partial charge is 0.423 e. The average Bonchev–Trinajstić information content (AvgIpc) is 3.50. The van der Waals surface area contributed by atoms with Crippen LogP contribution in [0.15, 0.2) is 89.3 Å². The van der Waals surface area contributed by atoms with E-state index in [0.717, 1.165) is 55.0 Å². The highest BCUT2D eigenvalue weighted by molar-refractivity contribution is 6.30. The number of oxazole rings is 1. The summed E-state index contributed by atoms with van der Waals surface area (Å²) in [7, 11) is 6.59. The Labute approximate surface area is 281 Å². The molecule has 1 aliphatic carbocycles. The molecule has 4 aromatic rings. The fraction of sp³-hybridized carbons (Fsp3) is 0.475. The van der Waals surface area contributed by atoms with Crippen molar-refractivity contribution in [1.82, 2.24) is 14.8 Å². The Kier molecular flexibility index (Phi) is 11.2. The lowest BCUT2D eigenvalue weighted by atomic mass is 9.74. The van der Waals surface area contributed by atoms with Crippen LogP contribution in [0.5, 0.6) is 0 Å². The number of hydrogen-bond acceptors (Lipinski definition) is 5. The highest BCUT2D eigenvalue weighted by Crippen LogP contribution is 2.44. The third-order valence-corrected chi connectivity index (χ3v) is 10.5. The summed E-state index contributed by atoms with van der Waals surface area (Å²) in [5, 5.41) is 0.807. The number of halogens is 1. The molecular weight excluding hydrogens is 588 g/mol. The first-order valence-electron chi connectivity index (χ1n) is 17.4. The minimum atomic E-state index is 0.219. The van der Waals surface area contributed by atoms with Crippen molar-refractivity contribution in [2.45, 2.75) is 76.4 Å². The second kappa shape index (κ2) is 15.6. The highest BCUT2D eigenvalue weighted by Gasteiger charge is 2.35. The topological polar surface area (TPSA) is 35.8 Å². The fourth-order valence-electron chi connectivity index (χ4n) is 7.98. The molecule has 2 fully saturated rings. The monoisotopic (exact) mass is 638 g/mol. The Morgan fingerprint density at radius 1 is 0.804 bits per heavy atom. The summed E-state index contributed by atoms with van der Waals surface area (Å²) in [5.74, 6) is 3.15. The van der Waals surface area contributed by atoms with Gasteiger partial charge in [0.05, 0.1) is 6.04 Å². The molecule has 1 aliphatic heterocycles. The maximum Gasteiger partial charge on any atom is 0.220 e. The van der Waals surface area contributed by atoms with Gasteiger partial charge in [-0.05, 0) is 99.9 Å². The predicted octanol–water partition coefficient (Wildman–Crippen LogP) is 9.58. The fourth-order valence-corrected chi connectivity index (χ4v) is 8.11. The average molecular weight is 639 g/mol. The van der Waals surface area contributed by atoms with Crippen molar-refractivity contribution in [3.05, 3.63) is 118 Å². The SMILES string of the molecule is CN(Cc1ccccc1)c1oc(C(CC2CCC(C(c3ccc(Cl)cc3)N(C)C)CC2)N2CCCCC2)nc1Cc1ccccc1. The summed E-state index contributed by atoms with van der Waals surface area (Å²) in [6.45, 7) is 3.05. The maximum absolute atomic E-state index is 6.89. The van der Waals surface area contributed by atoms with Crippen molar-refractivity contribution in [1.29, 1.82) is 0 Å². The molecule has 0 radical (unpaired) electrons. The van der Waals surface area contributed by atoms with Crippen LogP contribution in [0.3, 0.4) is 0 Å². The van der Waals surface area contributed by atoms with E-state index < -0.39 is 0 Å². The van der Waals surface area contributed by atoms with Crippen LogP contribution in [-0.2, 0) is 13.0 Å². The van der Waals surface area contributed by atoms with E-state index in [0.29, 0.717) is 17.9 Å². The van der Waals surface area contributed by atoms with E-state index in [2.05, 4.69) is 109 Å². The molecule has 46 heavy (non-hydrogen) atoms. The van der Waals surface area contributed by atoms with Gasteiger partial charge in [-0.2, -0.15) is 0 Å². The summed E-state index contributed by atoms with van der Waals surface area (Å²) >= 11 is 6.24. The van der Waals surface area contributed by atoms with Gasteiger partial charge in [0, 0.05) is 31.1 Å². The molecule has 2 unspecified atom stereocenters. The van der Waals surface area contributed by atoms with Crippen LogP contribution < -0.4 is 4.90 Å². The van der Waals surface area contributed by atoms with Gasteiger partial charge in [0.2, 0.25) is 11.8 Å². The molecule has 0 N–H and O–H groups in total. The normalized spacial score (nSPS) is 20.5. The Balaban J connectivity index is 1.23. The van der Waals surface area contributed by atoms with Gasteiger partial charge in [-0.25, -0.2) is 4.98 Å². The van der Waals surface area contributed by atoms with Gasteiger partial charge in [0.15, 0.2) is 0 Å². The number of rotatable bonds is 12. The lowest BCUT2D eigenvalue weighted by Gasteiger charge is -2.40. The van der Waals surface area contributed by atoms with Crippen molar-refractivity contribution in [2.24, 2.45) is 11.8 Å². The molecule has 0 bridgehead atoms. The molecular formula is C40H51ClN4O. The molecule has 1 saturated heterocycles. The zero-order chi connectivity index (χ0) is 31.9. The minimum Gasteiger partial charge on any atom is -0.423 e. The molecule has 1 saturated carbocycles. The van der Waals surface area contributed by atoms with E-state index in [4.69, 9.17) is 21.0 Å². The van der Waals surface area contributed by atoms with Crippen LogP contribution in [0.4, 0.5) is 5.88 Å². The number of piperidine rings is 1. The molecule has 0 spiro atoms. The first kappa shape index (κ1) is 32.8. The molecule has 2 aliphatic rings. The van der Waals surface area contributed by atoms with Crippen molar-refractivity contribution in [3.63, 3.8) is 0 Å². The van der Waals surface area contributed by atoms with Gasteiger partial charge >= 0.3 is 0 Å². The second-order valence-electron chi connectivity index (χ2n) is 13.9. The van der Waals surface area contributed by atoms with E-state index >= 15 is 0 Å².